The zero-order valence-corrected chi connectivity index (χ0v) is 13.2. The summed E-state index contributed by atoms with van der Waals surface area (Å²) in [5.74, 6) is 0.891. The van der Waals surface area contributed by atoms with E-state index < -0.39 is 5.54 Å². The van der Waals surface area contributed by atoms with E-state index in [1.807, 2.05) is 19.1 Å². The van der Waals surface area contributed by atoms with E-state index in [4.69, 9.17) is 4.74 Å². The Hall–Kier alpha value is -1.53. The molecular weight excluding hydrogens is 260 g/mol. The highest BCUT2D eigenvalue weighted by Crippen LogP contribution is 2.24. The molecule has 1 saturated carbocycles. The lowest BCUT2D eigenvalue weighted by Crippen LogP contribution is -2.43. The molecule has 1 aliphatic rings. The average molecular weight is 286 g/mol. The molecule has 114 valence electrons. The summed E-state index contributed by atoms with van der Waals surface area (Å²) in [6.07, 6.45) is 6.67. The smallest absolute Gasteiger partial charge is 0.119 e. The number of hydrogen-bond acceptors (Lipinski definition) is 3. The fraction of sp³-hybridized carbons (Fsp3) is 0.611. The molecule has 2 rings (SSSR count). The van der Waals surface area contributed by atoms with Gasteiger partial charge < -0.3 is 4.74 Å². The highest BCUT2D eigenvalue weighted by atomic mass is 16.5. The largest absolute Gasteiger partial charge is 0.493 e. The first-order chi connectivity index (χ1) is 10.1. The van der Waals surface area contributed by atoms with Gasteiger partial charge in [-0.2, -0.15) is 5.26 Å². The molecule has 1 aromatic carbocycles. The molecule has 3 heteroatoms. The van der Waals surface area contributed by atoms with Gasteiger partial charge in [0.1, 0.15) is 11.3 Å². The predicted octanol–water partition coefficient (Wildman–Crippen LogP) is 3.83. The summed E-state index contributed by atoms with van der Waals surface area (Å²) in [5, 5.41) is 12.7. The molecule has 0 bridgehead atoms. The first-order valence-electron chi connectivity index (χ1n) is 8.06. The van der Waals surface area contributed by atoms with Crippen LogP contribution in [0.15, 0.2) is 24.3 Å². The summed E-state index contributed by atoms with van der Waals surface area (Å²) in [5.41, 5.74) is 0.892. The van der Waals surface area contributed by atoms with E-state index >= 15 is 0 Å². The van der Waals surface area contributed by atoms with E-state index in [1.165, 1.54) is 31.2 Å². The fourth-order valence-electron chi connectivity index (χ4n) is 2.34. The Morgan fingerprint density at radius 1 is 1.33 bits per heavy atom. The highest BCUT2D eigenvalue weighted by molar-refractivity contribution is 5.27. The maximum atomic E-state index is 9.31. The minimum absolute atomic E-state index is 0.470. The van der Waals surface area contributed by atoms with Crippen LogP contribution in [-0.4, -0.2) is 18.2 Å². The van der Waals surface area contributed by atoms with Gasteiger partial charge in [-0.1, -0.05) is 25.5 Å². The molecule has 0 radical (unpaired) electrons. The SMILES string of the molecule is CCCCc1ccc(OCCC(C)(C#N)NC2CC2)cc1. The Kier molecular flexibility index (Phi) is 5.64. The minimum Gasteiger partial charge on any atom is -0.493 e. The van der Waals surface area contributed by atoms with Gasteiger partial charge in [-0.05, 0) is 50.3 Å². The van der Waals surface area contributed by atoms with Crippen molar-refractivity contribution in [2.75, 3.05) is 6.61 Å². The van der Waals surface area contributed by atoms with Crippen LogP contribution in [0.5, 0.6) is 5.75 Å². The number of benzene rings is 1. The zero-order chi connectivity index (χ0) is 15.1. The molecule has 1 aromatic rings. The fourth-order valence-corrected chi connectivity index (χ4v) is 2.34. The topological polar surface area (TPSA) is 45.0 Å². The van der Waals surface area contributed by atoms with Crippen LogP contribution in [0.2, 0.25) is 0 Å². The van der Waals surface area contributed by atoms with Gasteiger partial charge >= 0.3 is 0 Å². The van der Waals surface area contributed by atoms with E-state index in [9.17, 15) is 5.26 Å². The lowest BCUT2D eigenvalue weighted by atomic mass is 10.0. The van der Waals surface area contributed by atoms with E-state index in [1.54, 1.807) is 0 Å². The van der Waals surface area contributed by atoms with Crippen molar-refractivity contribution in [2.24, 2.45) is 0 Å². The van der Waals surface area contributed by atoms with Crippen molar-refractivity contribution in [3.05, 3.63) is 29.8 Å². The molecule has 1 N–H and O–H groups in total. The molecule has 0 amide bonds. The first kappa shape index (κ1) is 15.9. The number of nitrogens with one attached hydrogen (secondary N) is 1. The number of nitriles is 1. The Morgan fingerprint density at radius 2 is 2.05 bits per heavy atom. The number of unbranched alkanes of at least 4 members (excludes halogenated alkanes) is 1. The summed E-state index contributed by atoms with van der Waals surface area (Å²) >= 11 is 0. The Labute approximate surface area is 128 Å². The van der Waals surface area contributed by atoms with Crippen LogP contribution in [0.25, 0.3) is 0 Å². The quantitative estimate of drug-likeness (QED) is 0.750. The number of aryl methyl sites for hydroxylation is 1. The Bertz CT molecular complexity index is 473. The number of rotatable bonds is 9. The summed E-state index contributed by atoms with van der Waals surface area (Å²) in [7, 11) is 0. The lowest BCUT2D eigenvalue weighted by molar-refractivity contribution is 0.266. The van der Waals surface area contributed by atoms with Crippen molar-refractivity contribution in [1.82, 2.24) is 5.32 Å². The van der Waals surface area contributed by atoms with Gasteiger partial charge in [0.05, 0.1) is 12.7 Å². The molecular formula is C18H26N2O. The molecule has 1 unspecified atom stereocenters. The van der Waals surface area contributed by atoms with Crippen molar-refractivity contribution < 1.29 is 4.74 Å². The monoisotopic (exact) mass is 286 g/mol. The summed E-state index contributed by atoms with van der Waals surface area (Å²) in [4.78, 5) is 0. The van der Waals surface area contributed by atoms with Crippen LogP contribution in [-0.2, 0) is 6.42 Å². The minimum atomic E-state index is -0.470. The molecule has 1 aliphatic carbocycles. The van der Waals surface area contributed by atoms with Crippen molar-refractivity contribution in [3.8, 4) is 11.8 Å². The molecule has 0 aromatic heterocycles. The van der Waals surface area contributed by atoms with E-state index in [0.717, 1.165) is 12.2 Å². The second-order valence-corrected chi connectivity index (χ2v) is 6.21. The molecule has 1 fully saturated rings. The first-order valence-corrected chi connectivity index (χ1v) is 8.06. The van der Waals surface area contributed by atoms with Crippen molar-refractivity contribution in [2.45, 2.75) is 64.0 Å². The number of nitrogens with zero attached hydrogens (tertiary/aromatic N) is 1. The molecule has 0 saturated heterocycles. The summed E-state index contributed by atoms with van der Waals surface area (Å²) in [6.45, 7) is 4.74. The van der Waals surface area contributed by atoms with Gasteiger partial charge in [-0.3, -0.25) is 5.32 Å². The van der Waals surface area contributed by atoms with Gasteiger partial charge in [0, 0.05) is 12.5 Å². The maximum Gasteiger partial charge on any atom is 0.119 e. The van der Waals surface area contributed by atoms with Crippen LogP contribution in [0.3, 0.4) is 0 Å². The van der Waals surface area contributed by atoms with Crippen molar-refractivity contribution in [3.63, 3.8) is 0 Å². The second kappa shape index (κ2) is 7.47. The normalized spacial score (nSPS) is 17.0. The van der Waals surface area contributed by atoms with Crippen LogP contribution >= 0.6 is 0 Å². The maximum absolute atomic E-state index is 9.31. The predicted molar refractivity (Wildman–Crippen MR) is 85.3 cm³/mol. The number of hydrogen-bond donors (Lipinski definition) is 1. The molecule has 0 spiro atoms. The highest BCUT2D eigenvalue weighted by Gasteiger charge is 2.32. The number of ether oxygens (including phenoxy) is 1. The average Bonchev–Trinajstić information content (AvgIpc) is 3.30. The summed E-state index contributed by atoms with van der Waals surface area (Å²) in [6, 6.07) is 11.2. The van der Waals surface area contributed by atoms with Crippen LogP contribution < -0.4 is 10.1 Å². The summed E-state index contributed by atoms with van der Waals surface area (Å²) < 4.78 is 5.77. The van der Waals surface area contributed by atoms with Gasteiger partial charge in [0.15, 0.2) is 0 Å². The third kappa shape index (κ3) is 5.40. The van der Waals surface area contributed by atoms with E-state index in [0.29, 0.717) is 19.1 Å². The Morgan fingerprint density at radius 3 is 2.62 bits per heavy atom. The third-order valence-electron chi connectivity index (χ3n) is 3.96. The molecule has 3 nitrogen and oxygen atoms in total. The van der Waals surface area contributed by atoms with Gasteiger partial charge in [0.25, 0.3) is 0 Å². The lowest BCUT2D eigenvalue weighted by Gasteiger charge is -2.23. The molecule has 0 aliphatic heterocycles. The van der Waals surface area contributed by atoms with E-state index in [2.05, 4.69) is 30.4 Å². The zero-order valence-electron chi connectivity index (χ0n) is 13.2. The van der Waals surface area contributed by atoms with Gasteiger partial charge in [-0.25, -0.2) is 0 Å². The standard InChI is InChI=1S/C18H26N2O/c1-3-4-5-15-6-10-17(11-7-15)21-13-12-18(2,14-19)20-16-8-9-16/h6-7,10-11,16,20H,3-5,8-9,12-13H2,1-2H3. The van der Waals surface area contributed by atoms with Gasteiger partial charge in [-0.15, -0.1) is 0 Å². The van der Waals surface area contributed by atoms with E-state index in [-0.39, 0.29) is 0 Å². The van der Waals surface area contributed by atoms with Crippen LogP contribution in [0.1, 0.15) is 51.5 Å². The second-order valence-electron chi connectivity index (χ2n) is 6.21. The van der Waals surface area contributed by atoms with Gasteiger partial charge in [0.2, 0.25) is 0 Å². The molecule has 1 atom stereocenters. The van der Waals surface area contributed by atoms with Crippen LogP contribution in [0.4, 0.5) is 0 Å². The molecule has 0 heterocycles. The Balaban J connectivity index is 1.75. The van der Waals surface area contributed by atoms with Crippen molar-refractivity contribution in [1.29, 1.82) is 5.26 Å². The van der Waals surface area contributed by atoms with Crippen molar-refractivity contribution >= 4 is 0 Å². The van der Waals surface area contributed by atoms with Crippen LogP contribution in [0, 0.1) is 11.3 Å². The molecule has 21 heavy (non-hydrogen) atoms. The third-order valence-corrected chi connectivity index (χ3v) is 3.96.